The summed E-state index contributed by atoms with van der Waals surface area (Å²) in [6.07, 6.45) is 1.66. The number of hydrogen-bond donors (Lipinski definition) is 1. The number of hydrogen-bond acceptors (Lipinski definition) is 4. The first-order chi connectivity index (χ1) is 8.70. The second-order valence-corrected chi connectivity index (χ2v) is 3.96. The molecule has 0 aliphatic heterocycles. The van der Waals surface area contributed by atoms with Crippen LogP contribution < -0.4 is 15.2 Å². The Morgan fingerprint density at radius 2 is 1.83 bits per heavy atom. The zero-order chi connectivity index (χ0) is 13.0. The fourth-order valence-corrected chi connectivity index (χ4v) is 1.55. The molecule has 0 saturated heterocycles. The molecule has 4 heteroatoms. The highest BCUT2D eigenvalue weighted by Crippen LogP contribution is 2.30. The maximum absolute atomic E-state index is 5.74. The van der Waals surface area contributed by atoms with Crippen LogP contribution in [0.25, 0.3) is 0 Å². The maximum atomic E-state index is 5.74. The first-order valence-electron chi connectivity index (χ1n) is 5.73. The molecule has 0 bridgehead atoms. The van der Waals surface area contributed by atoms with Gasteiger partial charge in [0.15, 0.2) is 11.5 Å². The van der Waals surface area contributed by atoms with E-state index in [0.29, 0.717) is 17.2 Å². The summed E-state index contributed by atoms with van der Waals surface area (Å²) in [5, 5.41) is 0. The molecule has 4 nitrogen and oxygen atoms in total. The van der Waals surface area contributed by atoms with Gasteiger partial charge in [0, 0.05) is 6.04 Å². The number of methoxy groups -OCH3 is 1. The van der Waals surface area contributed by atoms with Crippen LogP contribution in [0.3, 0.4) is 0 Å². The predicted molar refractivity (Wildman–Crippen MR) is 69.9 cm³/mol. The molecule has 2 N–H and O–H groups in total. The van der Waals surface area contributed by atoms with Gasteiger partial charge in [0.05, 0.1) is 19.0 Å². The summed E-state index contributed by atoms with van der Waals surface area (Å²) in [5.74, 6) is 2.01. The Hall–Kier alpha value is -2.07. The van der Waals surface area contributed by atoms with E-state index >= 15 is 0 Å². The highest BCUT2D eigenvalue weighted by atomic mass is 16.5. The van der Waals surface area contributed by atoms with Crippen molar-refractivity contribution in [3.05, 3.63) is 48.3 Å². The van der Waals surface area contributed by atoms with Crippen molar-refractivity contribution in [2.24, 2.45) is 5.73 Å². The van der Waals surface area contributed by atoms with E-state index in [1.54, 1.807) is 13.3 Å². The highest BCUT2D eigenvalue weighted by Gasteiger charge is 2.05. The number of aromatic nitrogens is 1. The molecule has 0 spiro atoms. The lowest BCUT2D eigenvalue weighted by Gasteiger charge is -2.10. The van der Waals surface area contributed by atoms with E-state index in [1.807, 2.05) is 43.3 Å². The van der Waals surface area contributed by atoms with Crippen molar-refractivity contribution in [3.8, 4) is 17.2 Å². The molecule has 1 unspecified atom stereocenters. The monoisotopic (exact) mass is 244 g/mol. The second-order valence-electron chi connectivity index (χ2n) is 3.96. The average Bonchev–Trinajstić information content (AvgIpc) is 2.40. The second kappa shape index (κ2) is 5.51. The summed E-state index contributed by atoms with van der Waals surface area (Å²) in [4.78, 5) is 4.24. The van der Waals surface area contributed by atoms with E-state index in [9.17, 15) is 0 Å². The lowest BCUT2D eigenvalue weighted by molar-refractivity contribution is 0.378. The van der Waals surface area contributed by atoms with Gasteiger partial charge in [-0.2, -0.15) is 0 Å². The van der Waals surface area contributed by atoms with E-state index in [1.165, 1.54) is 0 Å². The van der Waals surface area contributed by atoms with Crippen molar-refractivity contribution >= 4 is 0 Å². The summed E-state index contributed by atoms with van der Waals surface area (Å²) in [5.41, 5.74) is 6.57. The third kappa shape index (κ3) is 2.78. The third-order valence-corrected chi connectivity index (χ3v) is 2.52. The average molecular weight is 244 g/mol. The first-order valence-corrected chi connectivity index (χ1v) is 5.73. The van der Waals surface area contributed by atoms with Gasteiger partial charge in [-0.1, -0.05) is 12.1 Å². The third-order valence-electron chi connectivity index (χ3n) is 2.52. The lowest BCUT2D eigenvalue weighted by atomic mass is 10.2. The predicted octanol–water partition coefficient (Wildman–Crippen LogP) is 2.90. The molecular weight excluding hydrogens is 228 g/mol. The Kier molecular flexibility index (Phi) is 3.79. The number of nitrogens with two attached hydrogens (primary N) is 1. The zero-order valence-electron chi connectivity index (χ0n) is 10.5. The minimum absolute atomic E-state index is 0.0784. The first kappa shape index (κ1) is 12.4. The van der Waals surface area contributed by atoms with Crippen LogP contribution in [0.4, 0.5) is 0 Å². The van der Waals surface area contributed by atoms with E-state index in [-0.39, 0.29) is 6.04 Å². The molecule has 0 saturated carbocycles. The van der Waals surface area contributed by atoms with Crippen LogP contribution in [0.5, 0.6) is 17.2 Å². The quantitative estimate of drug-likeness (QED) is 0.898. The summed E-state index contributed by atoms with van der Waals surface area (Å²) in [7, 11) is 1.61. The van der Waals surface area contributed by atoms with Crippen molar-refractivity contribution in [2.45, 2.75) is 13.0 Å². The van der Waals surface area contributed by atoms with Crippen LogP contribution in [0.1, 0.15) is 18.7 Å². The van der Waals surface area contributed by atoms with Crippen LogP contribution in [0.15, 0.2) is 42.6 Å². The fraction of sp³-hybridized carbons (Fsp3) is 0.214. The molecule has 94 valence electrons. The van der Waals surface area contributed by atoms with Crippen molar-refractivity contribution < 1.29 is 9.47 Å². The molecule has 2 rings (SSSR count). The van der Waals surface area contributed by atoms with Gasteiger partial charge in [-0.3, -0.25) is 4.98 Å². The molecule has 2 aromatic rings. The van der Waals surface area contributed by atoms with Crippen LogP contribution in [-0.4, -0.2) is 12.1 Å². The number of ether oxygens (including phenoxy) is 2. The van der Waals surface area contributed by atoms with Gasteiger partial charge in [0.1, 0.15) is 5.75 Å². The molecular formula is C14H16N2O2. The molecule has 0 amide bonds. The molecule has 1 aromatic heterocycles. The molecule has 1 atom stereocenters. The Balaban J connectivity index is 2.18. The molecule has 0 aliphatic carbocycles. The SMILES string of the molecule is COc1ccccc1Oc1ccc(C(C)N)nc1. The van der Waals surface area contributed by atoms with E-state index < -0.39 is 0 Å². The maximum Gasteiger partial charge on any atom is 0.169 e. The van der Waals surface area contributed by atoms with Gasteiger partial charge in [0.25, 0.3) is 0 Å². The van der Waals surface area contributed by atoms with Crippen molar-refractivity contribution in [1.82, 2.24) is 4.98 Å². The number of benzene rings is 1. The minimum atomic E-state index is -0.0784. The van der Waals surface area contributed by atoms with Gasteiger partial charge < -0.3 is 15.2 Å². The van der Waals surface area contributed by atoms with E-state index in [4.69, 9.17) is 15.2 Å². The van der Waals surface area contributed by atoms with Crippen LogP contribution >= 0.6 is 0 Å². The van der Waals surface area contributed by atoms with Crippen molar-refractivity contribution in [2.75, 3.05) is 7.11 Å². The minimum Gasteiger partial charge on any atom is -0.493 e. The molecule has 1 heterocycles. The van der Waals surface area contributed by atoms with E-state index in [0.717, 1.165) is 5.69 Å². The van der Waals surface area contributed by atoms with Gasteiger partial charge >= 0.3 is 0 Å². The summed E-state index contributed by atoms with van der Waals surface area (Å²) >= 11 is 0. The molecule has 0 radical (unpaired) electrons. The van der Waals surface area contributed by atoms with Crippen LogP contribution in [0.2, 0.25) is 0 Å². The zero-order valence-corrected chi connectivity index (χ0v) is 10.5. The van der Waals surface area contributed by atoms with Gasteiger partial charge in [-0.05, 0) is 31.2 Å². The summed E-state index contributed by atoms with van der Waals surface area (Å²) in [6, 6.07) is 11.1. The van der Waals surface area contributed by atoms with E-state index in [2.05, 4.69) is 4.98 Å². The molecule has 0 fully saturated rings. The fourth-order valence-electron chi connectivity index (χ4n) is 1.55. The Morgan fingerprint density at radius 3 is 2.39 bits per heavy atom. The van der Waals surface area contributed by atoms with Crippen molar-refractivity contribution in [3.63, 3.8) is 0 Å². The Bertz CT molecular complexity index is 509. The Labute approximate surface area is 106 Å². The highest BCUT2D eigenvalue weighted by molar-refractivity contribution is 5.42. The summed E-state index contributed by atoms with van der Waals surface area (Å²) < 4.78 is 10.9. The standard InChI is InChI=1S/C14H16N2O2/c1-10(15)12-8-7-11(9-16-12)18-14-6-4-3-5-13(14)17-2/h3-10H,15H2,1-2H3. The van der Waals surface area contributed by atoms with Crippen LogP contribution in [-0.2, 0) is 0 Å². The number of pyridine rings is 1. The number of rotatable bonds is 4. The smallest absolute Gasteiger partial charge is 0.169 e. The van der Waals surface area contributed by atoms with Gasteiger partial charge in [-0.25, -0.2) is 0 Å². The molecule has 0 aliphatic rings. The normalized spacial score (nSPS) is 11.9. The van der Waals surface area contributed by atoms with Gasteiger partial charge in [0.2, 0.25) is 0 Å². The van der Waals surface area contributed by atoms with Crippen LogP contribution in [0, 0.1) is 0 Å². The largest absolute Gasteiger partial charge is 0.493 e. The number of para-hydroxylation sites is 2. The number of nitrogens with zero attached hydrogens (tertiary/aromatic N) is 1. The lowest BCUT2D eigenvalue weighted by Crippen LogP contribution is -2.06. The summed E-state index contributed by atoms with van der Waals surface area (Å²) in [6.45, 7) is 1.89. The van der Waals surface area contributed by atoms with Gasteiger partial charge in [-0.15, -0.1) is 0 Å². The molecule has 18 heavy (non-hydrogen) atoms. The topological polar surface area (TPSA) is 57.4 Å². The Morgan fingerprint density at radius 1 is 1.11 bits per heavy atom. The van der Waals surface area contributed by atoms with Crippen molar-refractivity contribution in [1.29, 1.82) is 0 Å². The molecule has 1 aromatic carbocycles.